The van der Waals surface area contributed by atoms with Crippen molar-refractivity contribution in [2.45, 2.75) is 39.5 Å². The number of aldehydes is 1. The average Bonchev–Trinajstić information content (AvgIpc) is 3.38. The minimum atomic E-state index is -0.598. The molecule has 0 aliphatic carbocycles. The largest absolute Gasteiger partial charge is 0.386 e. The van der Waals surface area contributed by atoms with Crippen molar-refractivity contribution in [2.75, 3.05) is 96.8 Å². The second kappa shape index (κ2) is 25.2. The molecule has 5 heterocycles. The van der Waals surface area contributed by atoms with E-state index in [9.17, 15) is 19.2 Å². The van der Waals surface area contributed by atoms with Gasteiger partial charge in [0, 0.05) is 89.5 Å². The molecule has 3 fully saturated rings. The van der Waals surface area contributed by atoms with E-state index in [1.54, 1.807) is 41.4 Å². The molecule has 0 unspecified atom stereocenters. The van der Waals surface area contributed by atoms with Crippen LogP contribution in [0, 0.1) is 11.7 Å². The Morgan fingerprint density at radius 2 is 1.47 bits per heavy atom. The molecular weight excluding hydrogens is 885 g/mol. The lowest BCUT2D eigenvalue weighted by atomic mass is 9.96. The highest BCUT2D eigenvalue weighted by atomic mass is 35.5. The molecule has 2 N–H and O–H groups in total. The molecular formula is C52H63ClFN9O5. The molecule has 14 nitrogen and oxygen atoms in total. The van der Waals surface area contributed by atoms with Gasteiger partial charge in [0.05, 0.1) is 34.8 Å². The molecule has 3 aliphatic rings. The van der Waals surface area contributed by atoms with Gasteiger partial charge >= 0.3 is 0 Å². The van der Waals surface area contributed by atoms with Gasteiger partial charge in [-0.25, -0.2) is 14.5 Å². The molecule has 16 heteroatoms. The number of piperidine rings is 1. The molecule has 5 aromatic rings. The van der Waals surface area contributed by atoms with Gasteiger partial charge in [-0.05, 0) is 86.1 Å². The first-order chi connectivity index (χ1) is 33.0. The second-order valence-electron chi connectivity index (χ2n) is 17.2. The number of alkyl halides is 1. The van der Waals surface area contributed by atoms with Crippen LogP contribution in [0.4, 0.5) is 10.1 Å². The van der Waals surface area contributed by atoms with Crippen LogP contribution in [0.5, 0.6) is 0 Å². The van der Waals surface area contributed by atoms with Crippen molar-refractivity contribution < 1.29 is 23.6 Å². The van der Waals surface area contributed by atoms with E-state index in [1.165, 1.54) is 11.6 Å². The van der Waals surface area contributed by atoms with E-state index in [0.29, 0.717) is 92.2 Å². The van der Waals surface area contributed by atoms with Gasteiger partial charge < -0.3 is 24.8 Å². The highest BCUT2D eigenvalue weighted by molar-refractivity contribution is 6.24. The summed E-state index contributed by atoms with van der Waals surface area (Å²) >= 11 is 4.82. The summed E-state index contributed by atoms with van der Waals surface area (Å²) in [4.78, 5) is 76.4. The van der Waals surface area contributed by atoms with E-state index in [4.69, 9.17) is 16.4 Å². The zero-order valence-corrected chi connectivity index (χ0v) is 40.1. The molecule has 2 aromatic heterocycles. The number of H-pyrrole nitrogens is 1. The van der Waals surface area contributed by atoms with Crippen LogP contribution in [-0.4, -0.2) is 155 Å². The predicted octanol–water partition coefficient (Wildman–Crippen LogP) is 6.39. The number of hydrogen-bond donors (Lipinski definition) is 2. The van der Waals surface area contributed by atoms with E-state index < -0.39 is 11.7 Å². The van der Waals surface area contributed by atoms with Crippen LogP contribution in [0.15, 0.2) is 96.4 Å². The Hall–Kier alpha value is -6.29. The van der Waals surface area contributed by atoms with Crippen LogP contribution < -0.4 is 10.9 Å². The van der Waals surface area contributed by atoms with Crippen LogP contribution in [0.1, 0.15) is 64.4 Å². The zero-order valence-electron chi connectivity index (χ0n) is 39.4. The summed E-state index contributed by atoms with van der Waals surface area (Å²) in [5.74, 6) is -0.350. The van der Waals surface area contributed by atoms with Crippen molar-refractivity contribution >= 4 is 52.1 Å². The molecule has 0 bridgehead atoms. The third-order valence-electron chi connectivity index (χ3n) is 12.7. The normalized spacial score (nSPS) is 15.7. The number of nitrogens with one attached hydrogen (secondary N) is 2. The molecule has 3 aliphatic heterocycles. The molecule has 0 spiro atoms. The van der Waals surface area contributed by atoms with Crippen molar-refractivity contribution in [3.05, 3.63) is 136 Å². The zero-order chi connectivity index (χ0) is 48.6. The van der Waals surface area contributed by atoms with Gasteiger partial charge in [-0.15, -0.1) is 18.2 Å². The fourth-order valence-corrected chi connectivity index (χ4v) is 8.90. The molecule has 0 radical (unpaired) electrons. The maximum Gasteiger partial charge on any atom is 0.274 e. The number of allylic oxidation sites excluding steroid dienone is 1. The van der Waals surface area contributed by atoms with Gasteiger partial charge in [0.15, 0.2) is 5.69 Å². The summed E-state index contributed by atoms with van der Waals surface area (Å²) in [6.07, 6.45) is 7.49. The Labute approximate surface area is 403 Å². The summed E-state index contributed by atoms with van der Waals surface area (Å²) < 4.78 is 15.0. The summed E-state index contributed by atoms with van der Waals surface area (Å²) in [5.41, 5.74) is 5.56. The number of likely N-dealkylation sites (tertiary alicyclic amines) is 1. The number of carbonyl (C=O) groups is 4. The molecule has 3 saturated heterocycles. The highest BCUT2D eigenvalue weighted by Gasteiger charge is 2.31. The predicted molar refractivity (Wildman–Crippen MR) is 267 cm³/mol. The highest BCUT2D eigenvalue weighted by Crippen LogP contribution is 2.27. The number of amides is 3. The molecule has 68 heavy (non-hydrogen) atoms. The van der Waals surface area contributed by atoms with Gasteiger partial charge in [0.2, 0.25) is 5.91 Å². The summed E-state index contributed by atoms with van der Waals surface area (Å²) in [5, 5.41) is 11.2. The fraction of sp³-hybridized carbons (Fsp3) is 0.404. The quantitative estimate of drug-likeness (QED) is 0.0818. The monoisotopic (exact) mass is 947 g/mol. The Morgan fingerprint density at radius 1 is 0.824 bits per heavy atom. The number of benzene rings is 3. The Kier molecular flexibility index (Phi) is 18.9. The number of carbonyl (C=O) groups excluding carboxylic acids is 4. The molecule has 3 aromatic carbocycles. The van der Waals surface area contributed by atoms with Gasteiger partial charge in [-0.2, -0.15) is 5.10 Å². The number of hydrogen-bond acceptors (Lipinski definition) is 10. The number of pyridine rings is 1. The van der Waals surface area contributed by atoms with Crippen molar-refractivity contribution in [3.8, 4) is 11.1 Å². The second-order valence-corrected chi connectivity index (χ2v) is 17.5. The van der Waals surface area contributed by atoms with Crippen molar-refractivity contribution in [1.82, 2.24) is 39.7 Å². The van der Waals surface area contributed by atoms with Gasteiger partial charge in [0.25, 0.3) is 17.4 Å². The lowest BCUT2D eigenvalue weighted by Crippen LogP contribution is -2.53. The number of anilines is 1. The number of aryl methyl sites for hydroxylation is 1. The topological polar surface area (TPSA) is 155 Å². The van der Waals surface area contributed by atoms with Crippen molar-refractivity contribution in [2.24, 2.45) is 5.92 Å². The number of nitrogens with zero attached hydrogens (tertiary/aromatic N) is 7. The molecule has 0 atom stereocenters. The van der Waals surface area contributed by atoms with Crippen LogP contribution in [-0.2, 0) is 22.4 Å². The lowest BCUT2D eigenvalue weighted by molar-refractivity contribution is -0.134. The maximum atomic E-state index is 15.0. The molecule has 8 rings (SSSR count). The number of piperazine rings is 2. The first kappa shape index (κ1) is 51.1. The average molecular weight is 949 g/mol. The van der Waals surface area contributed by atoms with Crippen LogP contribution in [0.3, 0.4) is 0 Å². The third kappa shape index (κ3) is 13.2. The van der Waals surface area contributed by atoms with E-state index in [0.717, 1.165) is 68.8 Å². The van der Waals surface area contributed by atoms with E-state index in [2.05, 4.69) is 68.1 Å². The number of aromatic nitrogens is 3. The molecule has 3 amide bonds. The minimum Gasteiger partial charge on any atom is -0.386 e. The van der Waals surface area contributed by atoms with E-state index in [-0.39, 0.29) is 28.8 Å². The van der Waals surface area contributed by atoms with Crippen LogP contribution >= 0.6 is 11.6 Å². The lowest BCUT2D eigenvalue weighted by Gasteiger charge is -2.39. The Balaban J connectivity index is 0.00000102. The Morgan fingerprint density at radius 3 is 2.13 bits per heavy atom. The number of rotatable bonds is 12. The van der Waals surface area contributed by atoms with Gasteiger partial charge in [-0.3, -0.25) is 29.0 Å². The van der Waals surface area contributed by atoms with Crippen molar-refractivity contribution in [1.29, 1.82) is 0 Å². The number of fused-ring (bicyclic) bond motifs is 1. The van der Waals surface area contributed by atoms with Gasteiger partial charge in [0.1, 0.15) is 12.1 Å². The summed E-state index contributed by atoms with van der Waals surface area (Å²) in [6, 6.07) is 22.1. The van der Waals surface area contributed by atoms with Crippen LogP contribution in [0.2, 0.25) is 0 Å². The smallest absolute Gasteiger partial charge is 0.274 e. The third-order valence-corrected chi connectivity index (χ3v) is 12.8. The van der Waals surface area contributed by atoms with Crippen molar-refractivity contribution in [3.63, 3.8) is 0 Å². The van der Waals surface area contributed by atoms with E-state index >= 15 is 4.39 Å². The maximum absolute atomic E-state index is 15.0. The summed E-state index contributed by atoms with van der Waals surface area (Å²) in [6.45, 7) is 14.8. The molecule has 0 saturated carbocycles. The minimum absolute atomic E-state index is 0.0139. The fourth-order valence-electron chi connectivity index (χ4n) is 8.90. The molecule has 360 valence electrons. The SMILES string of the molecule is C=CC.CCc1cccc(-c2cnc(C(=O)N3CCN(CC4CCN(CC(=O)N5CCN(C(=O)c6cc(Cc7n[nH]c(=O)c8ccccc78)ccc6F)CC5)CC4)CC3)c(NC)c2)c1.O=CCCl. The standard InChI is InChI=1S/C47H54FN9O4.C3H6.C2H3ClO/c1-3-32-7-6-8-35(25-32)36-28-42(49-2)44(50-29-36)47(61)57-19-17-54(18-20-57)30-33-13-15-53(16-14-33)31-43(58)55-21-23-56(24-22-55)46(60)39-26-34(11-12-40(39)48)27-41-37-9-4-5-10-38(37)45(59)52-51-41;1-3-2;3-1-2-4/h4-12,25-26,28-29,33,49H,3,13-24,27,30-31H2,1-2H3,(H,52,59);3H,1H2,2H3;2H,1H2. The van der Waals surface area contributed by atoms with Crippen LogP contribution in [0.25, 0.3) is 21.9 Å². The first-order valence-corrected chi connectivity index (χ1v) is 23.9. The first-order valence-electron chi connectivity index (χ1n) is 23.4. The van der Waals surface area contributed by atoms with Gasteiger partial charge in [-0.1, -0.05) is 61.5 Å². The van der Waals surface area contributed by atoms with E-state index in [1.807, 2.05) is 42.0 Å². The Bertz CT molecular complexity index is 2580. The summed E-state index contributed by atoms with van der Waals surface area (Å²) in [7, 11) is 1.83. The number of aromatic amines is 1. The number of halogens is 2.